The van der Waals surface area contributed by atoms with Crippen LogP contribution in [0.1, 0.15) is 11.1 Å². The summed E-state index contributed by atoms with van der Waals surface area (Å²) in [5.74, 6) is 1.85. The molecule has 5 rings (SSSR count). The molecule has 0 atom stereocenters. The summed E-state index contributed by atoms with van der Waals surface area (Å²) < 4.78 is 25.2. The molecule has 0 aliphatic carbocycles. The van der Waals surface area contributed by atoms with Gasteiger partial charge in [0.1, 0.15) is 11.1 Å². The Morgan fingerprint density at radius 3 is 2.82 bits per heavy atom. The molecule has 4 heterocycles. The normalized spacial score (nSPS) is 13.8. The number of allylic oxidation sites excluding steroid dienone is 1. The van der Waals surface area contributed by atoms with Gasteiger partial charge in [-0.3, -0.25) is 4.79 Å². The van der Waals surface area contributed by atoms with E-state index >= 15 is 0 Å². The van der Waals surface area contributed by atoms with Crippen LogP contribution in [-0.4, -0.2) is 66.6 Å². The third-order valence-corrected chi connectivity index (χ3v) is 6.82. The zero-order valence-corrected chi connectivity index (χ0v) is 22.7. The molecule has 1 aromatic carbocycles. The van der Waals surface area contributed by atoms with E-state index in [9.17, 15) is 9.00 Å². The predicted octanol–water partition coefficient (Wildman–Crippen LogP) is 3.26. The van der Waals surface area contributed by atoms with Crippen molar-refractivity contribution in [2.45, 2.75) is 19.5 Å². The van der Waals surface area contributed by atoms with Crippen LogP contribution in [0.25, 0.3) is 16.9 Å². The summed E-state index contributed by atoms with van der Waals surface area (Å²) in [6, 6.07) is 9.17. The topological polar surface area (TPSA) is 120 Å². The Labute approximate surface area is 221 Å². The fourth-order valence-electron chi connectivity index (χ4n) is 4.60. The van der Waals surface area contributed by atoms with Crippen LogP contribution in [0.3, 0.4) is 0 Å². The molecule has 0 unspecified atom stereocenters. The first-order chi connectivity index (χ1) is 18.2. The number of pyridine rings is 1. The highest BCUT2D eigenvalue weighted by atomic mass is 32.2. The second-order valence-corrected chi connectivity index (χ2v) is 12.0. The van der Waals surface area contributed by atoms with Crippen molar-refractivity contribution in [2.75, 3.05) is 38.5 Å². The maximum Gasteiger partial charge on any atom is 0.278 e. The van der Waals surface area contributed by atoms with Crippen LogP contribution in [0, 0.1) is 0 Å². The summed E-state index contributed by atoms with van der Waals surface area (Å²) in [5.41, 5.74) is 3.28. The van der Waals surface area contributed by atoms with Crippen molar-refractivity contribution in [1.29, 1.82) is 0 Å². The summed E-state index contributed by atoms with van der Waals surface area (Å²) in [4.78, 5) is 29.2. The summed E-state index contributed by atoms with van der Waals surface area (Å²) >= 11 is 0. The molecule has 0 fully saturated rings. The Kier molecular flexibility index (Phi) is 6.76. The Balaban J connectivity index is 1.62. The fraction of sp³-hybridized carbons (Fsp3) is 0.308. The van der Waals surface area contributed by atoms with Gasteiger partial charge in [0, 0.05) is 58.8 Å². The highest BCUT2D eigenvalue weighted by Crippen LogP contribution is 2.32. The number of rotatable bonds is 7. The average Bonchev–Trinajstić information content (AvgIpc) is 3.13. The first-order valence-electron chi connectivity index (χ1n) is 12.1. The van der Waals surface area contributed by atoms with Gasteiger partial charge in [-0.25, -0.2) is 23.5 Å². The Morgan fingerprint density at radius 1 is 1.26 bits per heavy atom. The summed E-state index contributed by atoms with van der Waals surface area (Å²) in [7, 11) is 1.34. The Morgan fingerprint density at radius 2 is 2.08 bits per heavy atom. The van der Waals surface area contributed by atoms with Crippen LogP contribution < -0.4 is 15.6 Å². The van der Waals surface area contributed by atoms with Crippen LogP contribution in [0.15, 0.2) is 58.3 Å². The van der Waals surface area contributed by atoms with Crippen molar-refractivity contribution in [1.82, 2.24) is 29.2 Å². The number of nitrogens with zero attached hydrogens (tertiary/aromatic N) is 7. The van der Waals surface area contributed by atoms with E-state index in [1.54, 1.807) is 48.6 Å². The zero-order valence-electron chi connectivity index (χ0n) is 21.8. The summed E-state index contributed by atoms with van der Waals surface area (Å²) in [6.45, 7) is 5.81. The molecular weight excluding hydrogens is 504 g/mol. The molecule has 1 aliphatic rings. The van der Waals surface area contributed by atoms with Gasteiger partial charge in [-0.2, -0.15) is 9.35 Å². The number of hydrogen-bond acceptors (Lipinski definition) is 9. The number of fused-ring (bicyclic) bond motifs is 2. The molecule has 3 aromatic heterocycles. The van der Waals surface area contributed by atoms with Crippen molar-refractivity contribution >= 4 is 38.2 Å². The molecule has 1 aliphatic heterocycles. The van der Waals surface area contributed by atoms with Gasteiger partial charge in [0.05, 0.1) is 13.7 Å². The van der Waals surface area contributed by atoms with Crippen LogP contribution >= 0.6 is 0 Å². The lowest BCUT2D eigenvalue weighted by Crippen LogP contribution is -2.27. The second kappa shape index (κ2) is 10.0. The summed E-state index contributed by atoms with van der Waals surface area (Å²) in [6.07, 6.45) is 7.13. The van der Waals surface area contributed by atoms with E-state index in [0.717, 1.165) is 30.9 Å². The highest BCUT2D eigenvalue weighted by Gasteiger charge is 2.20. The molecule has 0 saturated heterocycles. The third-order valence-electron chi connectivity index (χ3n) is 6.19. The van der Waals surface area contributed by atoms with Crippen LogP contribution in [0.2, 0.25) is 0 Å². The molecular formula is C26H30N8O3S. The zero-order chi connectivity index (χ0) is 27.0. The third kappa shape index (κ3) is 5.04. The maximum atomic E-state index is 13.2. The number of ether oxygens (including phenoxy) is 1. The molecule has 38 heavy (non-hydrogen) atoms. The van der Waals surface area contributed by atoms with Crippen LogP contribution in [0.5, 0.6) is 5.75 Å². The largest absolute Gasteiger partial charge is 0.496 e. The number of aromatic nitrogens is 5. The van der Waals surface area contributed by atoms with Gasteiger partial charge >= 0.3 is 0 Å². The van der Waals surface area contributed by atoms with Gasteiger partial charge in [0.2, 0.25) is 5.95 Å². The molecule has 0 saturated carbocycles. The van der Waals surface area contributed by atoms with Crippen molar-refractivity contribution in [3.63, 3.8) is 0 Å². The maximum absolute atomic E-state index is 13.2. The van der Waals surface area contributed by atoms with Crippen molar-refractivity contribution < 1.29 is 8.95 Å². The van der Waals surface area contributed by atoms with Gasteiger partial charge < -0.3 is 15.0 Å². The van der Waals surface area contributed by atoms with Crippen molar-refractivity contribution in [3.8, 4) is 11.6 Å². The molecule has 0 spiro atoms. The fourth-order valence-corrected chi connectivity index (χ4v) is 5.15. The minimum atomic E-state index is -2.42. The Bertz CT molecular complexity index is 1720. The Hall–Kier alpha value is -4.03. The van der Waals surface area contributed by atoms with Gasteiger partial charge in [-0.15, -0.1) is 6.58 Å². The SMILES string of the molecule is C=CCn1c(=O)c2cnc(Nc3cc4c(c(OC)c3)CCN(C)C4)nc2n1-c1cccc(N=S(C)(C)=O)n1. The highest BCUT2D eigenvalue weighted by molar-refractivity contribution is 7.92. The van der Waals surface area contributed by atoms with Gasteiger partial charge in [-0.1, -0.05) is 12.1 Å². The second-order valence-electron chi connectivity index (χ2n) is 9.47. The average molecular weight is 535 g/mol. The lowest BCUT2D eigenvalue weighted by Gasteiger charge is -2.27. The quantitative estimate of drug-likeness (QED) is 0.359. The van der Waals surface area contributed by atoms with E-state index in [1.807, 2.05) is 6.07 Å². The van der Waals surface area contributed by atoms with E-state index in [-0.39, 0.29) is 12.1 Å². The van der Waals surface area contributed by atoms with Crippen LogP contribution in [0.4, 0.5) is 17.5 Å². The van der Waals surface area contributed by atoms with E-state index in [0.29, 0.717) is 28.6 Å². The number of hydrogen-bond donors (Lipinski definition) is 1. The number of methoxy groups -OCH3 is 1. The minimum Gasteiger partial charge on any atom is -0.496 e. The van der Waals surface area contributed by atoms with E-state index in [2.05, 4.69) is 44.2 Å². The van der Waals surface area contributed by atoms with Gasteiger partial charge in [0.25, 0.3) is 5.56 Å². The van der Waals surface area contributed by atoms with E-state index < -0.39 is 9.73 Å². The van der Waals surface area contributed by atoms with Crippen molar-refractivity contribution in [2.24, 2.45) is 4.36 Å². The number of anilines is 2. The molecule has 1 N–H and O–H groups in total. The molecule has 0 bridgehead atoms. The molecule has 11 nitrogen and oxygen atoms in total. The van der Waals surface area contributed by atoms with Crippen molar-refractivity contribution in [3.05, 3.63) is 70.7 Å². The van der Waals surface area contributed by atoms with Crippen LogP contribution in [-0.2, 0) is 29.2 Å². The standard InChI is InChI=1S/C26H30N8O3S/c1-6-11-33-25(35)20-15-27-26(28-18-13-17-16-32(2)12-10-19(17)21(14-18)37-3)30-24(20)34(33)23-9-7-8-22(29-23)31-38(4,5)36/h6-9,13-15H,1,10-12,16H2,2-5H3,(H,27,28,30). The van der Waals surface area contributed by atoms with E-state index in [4.69, 9.17) is 9.72 Å². The molecule has 0 radical (unpaired) electrons. The minimum absolute atomic E-state index is 0.231. The van der Waals surface area contributed by atoms with Gasteiger partial charge in [0.15, 0.2) is 17.3 Å². The predicted molar refractivity (Wildman–Crippen MR) is 150 cm³/mol. The molecule has 12 heteroatoms. The number of likely N-dealkylation sites (N-methyl/N-ethyl adjacent to an activating group) is 1. The first kappa shape index (κ1) is 25.6. The smallest absolute Gasteiger partial charge is 0.278 e. The molecule has 198 valence electrons. The lowest BCUT2D eigenvalue weighted by atomic mass is 9.98. The van der Waals surface area contributed by atoms with Gasteiger partial charge in [-0.05, 0) is 37.2 Å². The number of benzene rings is 1. The monoisotopic (exact) mass is 534 g/mol. The first-order valence-corrected chi connectivity index (χ1v) is 14.4. The number of nitrogens with one attached hydrogen (secondary N) is 1. The molecule has 4 aromatic rings. The lowest BCUT2D eigenvalue weighted by molar-refractivity contribution is 0.306. The molecule has 0 amide bonds. The van der Waals surface area contributed by atoms with E-state index in [1.165, 1.54) is 22.0 Å². The summed E-state index contributed by atoms with van der Waals surface area (Å²) in [5, 5.41) is 3.61.